The fourth-order valence-electron chi connectivity index (χ4n) is 4.79. The molecule has 8 heteroatoms. The number of hydrogen-bond acceptors (Lipinski definition) is 6. The van der Waals surface area contributed by atoms with Gasteiger partial charge in [-0.25, -0.2) is 9.37 Å². The van der Waals surface area contributed by atoms with Crippen LogP contribution in [0.2, 0.25) is 0 Å². The van der Waals surface area contributed by atoms with Crippen LogP contribution in [-0.4, -0.2) is 56.1 Å². The van der Waals surface area contributed by atoms with Crippen molar-refractivity contribution in [1.82, 2.24) is 25.5 Å². The lowest BCUT2D eigenvalue weighted by molar-refractivity contribution is 0.173. The Bertz CT molecular complexity index is 1010. The van der Waals surface area contributed by atoms with Crippen molar-refractivity contribution in [3.63, 3.8) is 0 Å². The summed E-state index contributed by atoms with van der Waals surface area (Å²) in [6, 6.07) is 5.57. The number of piperidine rings is 1. The molecule has 4 heterocycles. The van der Waals surface area contributed by atoms with Gasteiger partial charge in [0, 0.05) is 36.0 Å². The number of phenols is 1. The summed E-state index contributed by atoms with van der Waals surface area (Å²) < 4.78 is 15.0. The van der Waals surface area contributed by atoms with Gasteiger partial charge >= 0.3 is 0 Å². The number of H-pyrrole nitrogens is 1. The maximum atomic E-state index is 15.0. The van der Waals surface area contributed by atoms with Crippen LogP contribution >= 0.6 is 0 Å². The van der Waals surface area contributed by atoms with E-state index in [2.05, 4.69) is 25.5 Å². The smallest absolute Gasteiger partial charge is 0.147 e. The molecule has 3 aromatic rings. The summed E-state index contributed by atoms with van der Waals surface area (Å²) in [4.78, 5) is 11.1. The zero-order valence-electron chi connectivity index (χ0n) is 16.8. The fraction of sp³-hybridized carbons (Fsp3) is 0.409. The van der Waals surface area contributed by atoms with Gasteiger partial charge in [0.2, 0.25) is 0 Å². The van der Waals surface area contributed by atoms with E-state index in [0.717, 1.165) is 30.4 Å². The molecule has 2 aromatic heterocycles. The van der Waals surface area contributed by atoms with Crippen LogP contribution in [0.4, 0.5) is 10.2 Å². The van der Waals surface area contributed by atoms with Crippen LogP contribution in [0, 0.1) is 0 Å². The number of rotatable bonds is 5. The molecular weight excluding hydrogens is 383 g/mol. The van der Waals surface area contributed by atoms with Gasteiger partial charge in [-0.2, -0.15) is 5.10 Å². The highest BCUT2D eigenvalue weighted by atomic mass is 19.1. The van der Waals surface area contributed by atoms with Gasteiger partial charge in [-0.05, 0) is 43.9 Å². The van der Waals surface area contributed by atoms with Crippen molar-refractivity contribution < 1.29 is 9.50 Å². The Kier molecular flexibility index (Phi) is 4.86. The van der Waals surface area contributed by atoms with Gasteiger partial charge in [0.15, 0.2) is 0 Å². The second-order valence-electron chi connectivity index (χ2n) is 8.06. The Morgan fingerprint density at radius 2 is 2.07 bits per heavy atom. The second kappa shape index (κ2) is 7.68. The Morgan fingerprint density at radius 3 is 2.77 bits per heavy atom. The number of aromatic hydroxyl groups is 1. The van der Waals surface area contributed by atoms with Crippen LogP contribution in [-0.2, 0) is 0 Å². The molecule has 7 nitrogen and oxygen atoms in total. The number of anilines is 1. The largest absolute Gasteiger partial charge is 0.507 e. The fourth-order valence-corrected chi connectivity index (χ4v) is 4.79. The molecule has 4 atom stereocenters. The van der Waals surface area contributed by atoms with E-state index in [1.54, 1.807) is 30.9 Å². The predicted molar refractivity (Wildman–Crippen MR) is 113 cm³/mol. The van der Waals surface area contributed by atoms with Crippen molar-refractivity contribution in [1.29, 1.82) is 0 Å². The molecule has 3 N–H and O–H groups in total. The van der Waals surface area contributed by atoms with Gasteiger partial charge in [0.1, 0.15) is 17.7 Å². The quantitative estimate of drug-likeness (QED) is 0.600. The van der Waals surface area contributed by atoms with E-state index in [1.807, 2.05) is 24.0 Å². The number of phenolic OH excluding ortho intramolecular Hbond substituents is 1. The minimum Gasteiger partial charge on any atom is -0.507 e. The highest BCUT2D eigenvalue weighted by Gasteiger charge is 2.44. The Morgan fingerprint density at radius 1 is 1.17 bits per heavy atom. The Hall–Kier alpha value is -3.00. The maximum Gasteiger partial charge on any atom is 0.147 e. The molecule has 156 valence electrons. The van der Waals surface area contributed by atoms with Crippen molar-refractivity contribution in [3.8, 4) is 28.1 Å². The first-order valence-corrected chi connectivity index (χ1v) is 10.5. The molecule has 0 aliphatic carbocycles. The van der Waals surface area contributed by atoms with E-state index in [0.29, 0.717) is 29.7 Å². The minimum absolute atomic E-state index is 0.0549. The molecule has 2 aliphatic heterocycles. The van der Waals surface area contributed by atoms with Crippen molar-refractivity contribution in [3.05, 3.63) is 43.0 Å². The standard InChI is InChI=1S/C22H25FN6O/c1-2-29(19-8-15-4-6-17(28-15)22(19)23)21-12-24-18(11-25-21)16-5-3-13(7-20(16)30)14-9-26-27-10-14/h3,5,7,9-12,15,17,19,22,28,30H,2,4,6,8H2,1H3,(H,26,27)/t15?,17?,19-,22+/m1/s1. The highest BCUT2D eigenvalue weighted by molar-refractivity contribution is 5.73. The number of aromatic amines is 1. The van der Waals surface area contributed by atoms with Crippen molar-refractivity contribution in [2.45, 2.75) is 50.5 Å². The number of nitrogens with zero attached hydrogens (tertiary/aromatic N) is 4. The summed E-state index contributed by atoms with van der Waals surface area (Å²) in [5.41, 5.74) is 2.94. The third-order valence-electron chi connectivity index (χ3n) is 6.33. The Balaban J connectivity index is 1.38. The lowest BCUT2D eigenvalue weighted by Gasteiger charge is -2.40. The van der Waals surface area contributed by atoms with Crippen LogP contribution in [0.1, 0.15) is 26.2 Å². The number of fused-ring (bicyclic) bond motifs is 2. The summed E-state index contributed by atoms with van der Waals surface area (Å²) in [6.07, 6.45) is 8.61. The van der Waals surface area contributed by atoms with Gasteiger partial charge in [0.05, 0.1) is 30.3 Å². The summed E-state index contributed by atoms with van der Waals surface area (Å²) in [7, 11) is 0. The zero-order valence-corrected chi connectivity index (χ0v) is 16.8. The molecule has 1 aromatic carbocycles. The molecule has 2 fully saturated rings. The topological polar surface area (TPSA) is 90.0 Å². The van der Waals surface area contributed by atoms with Crippen LogP contribution in [0.15, 0.2) is 43.0 Å². The van der Waals surface area contributed by atoms with Crippen LogP contribution in [0.5, 0.6) is 5.75 Å². The number of halogens is 1. The normalized spacial score (nSPS) is 25.4. The van der Waals surface area contributed by atoms with Crippen LogP contribution in [0.3, 0.4) is 0 Å². The first-order chi connectivity index (χ1) is 14.6. The van der Waals surface area contributed by atoms with Gasteiger partial charge in [0.25, 0.3) is 0 Å². The van der Waals surface area contributed by atoms with E-state index in [4.69, 9.17) is 0 Å². The first-order valence-electron chi connectivity index (χ1n) is 10.5. The monoisotopic (exact) mass is 408 g/mol. The van der Waals surface area contributed by atoms with Crippen molar-refractivity contribution in [2.75, 3.05) is 11.4 Å². The minimum atomic E-state index is -0.912. The predicted octanol–water partition coefficient (Wildman–Crippen LogP) is 3.30. The summed E-state index contributed by atoms with van der Waals surface area (Å²) >= 11 is 0. The summed E-state index contributed by atoms with van der Waals surface area (Å²) in [6.45, 7) is 2.69. The molecule has 0 saturated carbocycles. The van der Waals surface area contributed by atoms with E-state index >= 15 is 4.39 Å². The third kappa shape index (κ3) is 3.31. The second-order valence-corrected chi connectivity index (χ2v) is 8.06. The van der Waals surface area contributed by atoms with Crippen molar-refractivity contribution in [2.24, 2.45) is 0 Å². The van der Waals surface area contributed by atoms with Gasteiger partial charge in [-0.1, -0.05) is 6.07 Å². The molecule has 5 rings (SSSR count). The maximum absolute atomic E-state index is 15.0. The van der Waals surface area contributed by atoms with E-state index in [9.17, 15) is 5.11 Å². The lowest BCUT2D eigenvalue weighted by Crippen LogP contribution is -2.56. The number of alkyl halides is 1. The number of nitrogens with one attached hydrogen (secondary N) is 2. The number of benzene rings is 1. The highest BCUT2D eigenvalue weighted by Crippen LogP contribution is 2.35. The van der Waals surface area contributed by atoms with Crippen LogP contribution in [0.25, 0.3) is 22.4 Å². The van der Waals surface area contributed by atoms with Crippen LogP contribution < -0.4 is 10.2 Å². The Labute approximate surface area is 174 Å². The van der Waals surface area contributed by atoms with Crippen molar-refractivity contribution >= 4 is 5.82 Å². The average molecular weight is 408 g/mol. The number of aromatic nitrogens is 4. The molecule has 30 heavy (non-hydrogen) atoms. The lowest BCUT2D eigenvalue weighted by atomic mass is 9.96. The van der Waals surface area contributed by atoms with E-state index in [-0.39, 0.29) is 17.8 Å². The van der Waals surface area contributed by atoms with Gasteiger partial charge in [-0.15, -0.1) is 0 Å². The van der Waals surface area contributed by atoms with Gasteiger partial charge in [-0.3, -0.25) is 10.1 Å². The molecule has 2 unspecified atom stereocenters. The summed E-state index contributed by atoms with van der Waals surface area (Å²) in [5.74, 6) is 0.798. The summed E-state index contributed by atoms with van der Waals surface area (Å²) in [5, 5.41) is 20.6. The first kappa shape index (κ1) is 19.0. The number of hydrogen-bond donors (Lipinski definition) is 3. The third-order valence-corrected chi connectivity index (χ3v) is 6.33. The molecule has 2 bridgehead atoms. The molecule has 0 radical (unpaired) electrons. The molecule has 2 aliphatic rings. The average Bonchev–Trinajstić information content (AvgIpc) is 3.44. The SMILES string of the molecule is CCN(c1cnc(-c2ccc(-c3cn[nH]c3)cc2O)cn1)[C@@H]1CC2CCC(N2)[C@@H]1F. The van der Waals surface area contributed by atoms with E-state index in [1.165, 1.54) is 0 Å². The van der Waals surface area contributed by atoms with Gasteiger partial charge < -0.3 is 15.3 Å². The van der Waals surface area contributed by atoms with E-state index < -0.39 is 6.17 Å². The zero-order chi connectivity index (χ0) is 20.7. The molecule has 0 amide bonds. The molecular formula is C22H25FN6O. The molecule has 2 saturated heterocycles. The molecule has 0 spiro atoms.